The van der Waals surface area contributed by atoms with Gasteiger partial charge in [-0.15, -0.1) is 0 Å². The maximum atomic E-state index is 12.6. The molecule has 4 nitrogen and oxygen atoms in total. The number of nitrogens with zero attached hydrogens (tertiary/aromatic N) is 1. The lowest BCUT2D eigenvalue weighted by atomic mass is 10.1. The van der Waals surface area contributed by atoms with Gasteiger partial charge in [0.1, 0.15) is 0 Å². The third-order valence-corrected chi connectivity index (χ3v) is 5.56. The van der Waals surface area contributed by atoms with Gasteiger partial charge in [0.2, 0.25) is 0 Å². The number of amides is 2. The molecule has 1 N–H and O–H groups in total. The van der Waals surface area contributed by atoms with Gasteiger partial charge in [-0.3, -0.25) is 15.0 Å². The van der Waals surface area contributed by atoms with Crippen LogP contribution >= 0.6 is 47.2 Å². The van der Waals surface area contributed by atoms with Gasteiger partial charge in [0.15, 0.2) is 4.32 Å². The van der Waals surface area contributed by atoms with Crippen molar-refractivity contribution < 1.29 is 9.59 Å². The Balaban J connectivity index is 1.82. The van der Waals surface area contributed by atoms with Crippen LogP contribution in [0.25, 0.3) is 6.08 Å². The van der Waals surface area contributed by atoms with Crippen LogP contribution in [0.1, 0.15) is 21.5 Å². The van der Waals surface area contributed by atoms with E-state index in [0.29, 0.717) is 26.1 Å². The second-order valence-electron chi connectivity index (χ2n) is 5.46. The summed E-state index contributed by atoms with van der Waals surface area (Å²) in [7, 11) is 0. The Morgan fingerprint density at radius 3 is 2.38 bits per heavy atom. The standard InChI is InChI=1S/C18H12Cl2N2O2S2/c1-10-5-7-11(8-6-10)16(23)21-22-17(24)15(26-18(22)25)9-12-13(19)3-2-4-14(12)20/h2-9H,1H3,(H,21,23)/b15-9-. The molecule has 8 heteroatoms. The lowest BCUT2D eigenvalue weighted by Crippen LogP contribution is -2.44. The molecule has 2 aromatic carbocycles. The van der Waals surface area contributed by atoms with E-state index < -0.39 is 11.8 Å². The van der Waals surface area contributed by atoms with E-state index in [1.807, 2.05) is 19.1 Å². The molecule has 1 aliphatic rings. The van der Waals surface area contributed by atoms with Crippen LogP contribution in [0.4, 0.5) is 0 Å². The zero-order valence-electron chi connectivity index (χ0n) is 13.5. The molecule has 1 heterocycles. The summed E-state index contributed by atoms with van der Waals surface area (Å²) in [5.41, 5.74) is 4.53. The van der Waals surface area contributed by atoms with E-state index in [4.69, 9.17) is 35.4 Å². The van der Waals surface area contributed by atoms with Crippen molar-refractivity contribution in [1.29, 1.82) is 0 Å². The fourth-order valence-electron chi connectivity index (χ4n) is 2.21. The van der Waals surface area contributed by atoms with E-state index in [9.17, 15) is 9.59 Å². The Kier molecular flexibility index (Phi) is 5.67. The summed E-state index contributed by atoms with van der Waals surface area (Å²) in [5, 5.41) is 1.90. The summed E-state index contributed by atoms with van der Waals surface area (Å²) in [5.74, 6) is -0.852. The molecule has 0 aromatic heterocycles. The summed E-state index contributed by atoms with van der Waals surface area (Å²) < 4.78 is 0.227. The van der Waals surface area contributed by atoms with Crippen LogP contribution in [0.15, 0.2) is 47.4 Å². The minimum Gasteiger partial charge on any atom is -0.267 e. The van der Waals surface area contributed by atoms with Crippen LogP contribution in [-0.2, 0) is 4.79 Å². The first-order valence-electron chi connectivity index (χ1n) is 7.46. The van der Waals surface area contributed by atoms with Gasteiger partial charge in [0, 0.05) is 21.2 Å². The highest BCUT2D eigenvalue weighted by Crippen LogP contribution is 2.35. The first-order valence-corrected chi connectivity index (χ1v) is 9.44. The van der Waals surface area contributed by atoms with Crippen molar-refractivity contribution in [2.75, 3.05) is 0 Å². The number of hydrazine groups is 1. The van der Waals surface area contributed by atoms with Crippen LogP contribution in [0.5, 0.6) is 0 Å². The number of thioether (sulfide) groups is 1. The number of thiocarbonyl (C=S) groups is 1. The first-order chi connectivity index (χ1) is 12.4. The van der Waals surface area contributed by atoms with E-state index in [0.717, 1.165) is 22.3 Å². The molecule has 0 spiro atoms. The highest BCUT2D eigenvalue weighted by Gasteiger charge is 2.34. The number of nitrogens with one attached hydrogen (secondary N) is 1. The van der Waals surface area contributed by atoms with Gasteiger partial charge in [0.05, 0.1) is 4.91 Å². The van der Waals surface area contributed by atoms with Crippen molar-refractivity contribution in [3.63, 3.8) is 0 Å². The third-order valence-electron chi connectivity index (χ3n) is 3.60. The van der Waals surface area contributed by atoms with Gasteiger partial charge >= 0.3 is 0 Å². The predicted octanol–water partition coefficient (Wildman–Crippen LogP) is 4.85. The van der Waals surface area contributed by atoms with Crippen LogP contribution in [0.3, 0.4) is 0 Å². The van der Waals surface area contributed by atoms with E-state index in [1.165, 1.54) is 0 Å². The van der Waals surface area contributed by atoms with Gasteiger partial charge in [-0.1, -0.05) is 58.7 Å². The van der Waals surface area contributed by atoms with Crippen LogP contribution in [0.2, 0.25) is 10.0 Å². The topological polar surface area (TPSA) is 49.4 Å². The van der Waals surface area contributed by atoms with Gasteiger partial charge in [0.25, 0.3) is 11.8 Å². The minimum absolute atomic E-state index is 0.227. The number of hydrogen-bond donors (Lipinski definition) is 1. The molecule has 0 bridgehead atoms. The highest BCUT2D eigenvalue weighted by molar-refractivity contribution is 8.26. The van der Waals surface area contributed by atoms with Gasteiger partial charge in [-0.25, -0.2) is 0 Å². The molecule has 0 aliphatic carbocycles. The second kappa shape index (κ2) is 7.80. The monoisotopic (exact) mass is 422 g/mol. The number of aryl methyl sites for hydroxylation is 1. The molecule has 1 saturated heterocycles. The SMILES string of the molecule is Cc1ccc(C(=O)NN2C(=O)/C(=C/c3c(Cl)cccc3Cl)SC2=S)cc1. The Hall–Kier alpha value is -1.86. The number of halogens is 2. The maximum absolute atomic E-state index is 12.6. The summed E-state index contributed by atoms with van der Waals surface area (Å²) >= 11 is 18.6. The van der Waals surface area contributed by atoms with E-state index in [-0.39, 0.29) is 4.32 Å². The fraction of sp³-hybridized carbons (Fsp3) is 0.0556. The van der Waals surface area contributed by atoms with Crippen LogP contribution < -0.4 is 5.43 Å². The maximum Gasteiger partial charge on any atom is 0.285 e. The van der Waals surface area contributed by atoms with E-state index >= 15 is 0 Å². The molecular weight excluding hydrogens is 411 g/mol. The van der Waals surface area contributed by atoms with Crippen molar-refractivity contribution >= 4 is 69.4 Å². The molecule has 1 fully saturated rings. The molecule has 2 amide bonds. The Morgan fingerprint density at radius 1 is 1.15 bits per heavy atom. The summed E-state index contributed by atoms with van der Waals surface area (Å²) in [6.07, 6.45) is 1.57. The molecule has 132 valence electrons. The third kappa shape index (κ3) is 3.94. The molecule has 0 radical (unpaired) electrons. The quantitative estimate of drug-likeness (QED) is 0.567. The molecule has 0 atom stereocenters. The minimum atomic E-state index is -0.434. The van der Waals surface area contributed by atoms with Crippen LogP contribution in [0, 0.1) is 6.92 Å². The number of carbonyl (C=O) groups excluding carboxylic acids is 2. The molecule has 0 unspecified atom stereocenters. The molecular formula is C18H12Cl2N2O2S2. The highest BCUT2D eigenvalue weighted by atomic mass is 35.5. The Morgan fingerprint density at radius 2 is 1.77 bits per heavy atom. The Labute approximate surface area is 170 Å². The zero-order valence-corrected chi connectivity index (χ0v) is 16.6. The molecule has 0 saturated carbocycles. The van der Waals surface area contributed by atoms with Crippen molar-refractivity contribution in [1.82, 2.24) is 10.4 Å². The average Bonchev–Trinajstić information content (AvgIpc) is 2.86. The summed E-state index contributed by atoms with van der Waals surface area (Å²) in [6.45, 7) is 1.92. The molecule has 1 aliphatic heterocycles. The number of benzene rings is 2. The van der Waals surface area contributed by atoms with Crippen molar-refractivity contribution in [2.45, 2.75) is 6.92 Å². The second-order valence-corrected chi connectivity index (χ2v) is 7.95. The van der Waals surface area contributed by atoms with Gasteiger partial charge < -0.3 is 0 Å². The first kappa shape index (κ1) is 18.9. The van der Waals surface area contributed by atoms with Crippen molar-refractivity contribution in [3.8, 4) is 0 Å². The molecule has 3 rings (SSSR count). The van der Waals surface area contributed by atoms with E-state index in [1.54, 1.807) is 36.4 Å². The summed E-state index contributed by atoms with van der Waals surface area (Å²) in [4.78, 5) is 25.3. The predicted molar refractivity (Wildman–Crippen MR) is 110 cm³/mol. The average molecular weight is 423 g/mol. The number of carbonyl (C=O) groups is 2. The summed E-state index contributed by atoms with van der Waals surface area (Å²) in [6, 6.07) is 12.1. The fourth-order valence-corrected chi connectivity index (χ4v) is 3.88. The van der Waals surface area contributed by atoms with E-state index in [2.05, 4.69) is 5.43 Å². The smallest absolute Gasteiger partial charge is 0.267 e. The molecule has 26 heavy (non-hydrogen) atoms. The van der Waals surface area contributed by atoms with Crippen LogP contribution in [-0.4, -0.2) is 21.1 Å². The van der Waals surface area contributed by atoms with Gasteiger partial charge in [-0.05, 0) is 49.5 Å². The Bertz CT molecular complexity index is 922. The zero-order chi connectivity index (χ0) is 18.8. The van der Waals surface area contributed by atoms with Crippen molar-refractivity contribution in [3.05, 3.63) is 74.1 Å². The largest absolute Gasteiger partial charge is 0.285 e. The number of rotatable bonds is 3. The number of hydrogen-bond acceptors (Lipinski definition) is 4. The van der Waals surface area contributed by atoms with Gasteiger partial charge in [-0.2, -0.15) is 5.01 Å². The lowest BCUT2D eigenvalue weighted by Gasteiger charge is -2.15. The van der Waals surface area contributed by atoms with Crippen molar-refractivity contribution in [2.24, 2.45) is 0 Å². The normalized spacial score (nSPS) is 15.7. The molecule has 2 aromatic rings. The lowest BCUT2D eigenvalue weighted by molar-refractivity contribution is -0.123.